The number of nitrogens with one attached hydrogen (secondary N) is 1. The third-order valence-corrected chi connectivity index (χ3v) is 2.61. The second-order valence-electron chi connectivity index (χ2n) is 4.16. The Bertz CT molecular complexity index is 312. The molecule has 1 N–H and O–H groups in total. The van der Waals surface area contributed by atoms with Crippen LogP contribution in [0.15, 0.2) is 6.20 Å². The monoisotopic (exact) mass is 194 g/mol. The van der Waals surface area contributed by atoms with Crippen molar-refractivity contribution in [2.75, 3.05) is 19.0 Å². The van der Waals surface area contributed by atoms with Crippen LogP contribution in [0.1, 0.15) is 18.5 Å². The number of anilines is 1. The molecule has 4 nitrogen and oxygen atoms in total. The molecule has 1 heterocycles. The van der Waals surface area contributed by atoms with Gasteiger partial charge in [-0.1, -0.05) is 0 Å². The van der Waals surface area contributed by atoms with Crippen molar-refractivity contribution >= 4 is 5.95 Å². The maximum Gasteiger partial charge on any atom is 0.204 e. The fraction of sp³-hybridized carbons (Fsp3) is 0.700. The Morgan fingerprint density at radius 2 is 2.29 bits per heavy atom. The average Bonchev–Trinajstić information content (AvgIpc) is 2.87. The Hall–Kier alpha value is -1.03. The van der Waals surface area contributed by atoms with E-state index in [1.165, 1.54) is 18.5 Å². The van der Waals surface area contributed by atoms with E-state index in [1.807, 2.05) is 25.2 Å². The molecule has 4 heteroatoms. The first-order chi connectivity index (χ1) is 6.68. The molecule has 0 bridgehead atoms. The quantitative estimate of drug-likeness (QED) is 0.767. The normalized spacial score (nSPS) is 15.9. The van der Waals surface area contributed by atoms with Gasteiger partial charge in [-0.25, -0.2) is 4.98 Å². The lowest BCUT2D eigenvalue weighted by Gasteiger charge is -2.12. The summed E-state index contributed by atoms with van der Waals surface area (Å²) in [7, 11) is 6.09. The van der Waals surface area contributed by atoms with Crippen molar-refractivity contribution in [1.29, 1.82) is 0 Å². The summed E-state index contributed by atoms with van der Waals surface area (Å²) in [5.74, 6) is 1.01. The zero-order chi connectivity index (χ0) is 10.1. The fourth-order valence-electron chi connectivity index (χ4n) is 1.55. The zero-order valence-corrected chi connectivity index (χ0v) is 9.12. The Morgan fingerprint density at radius 3 is 2.79 bits per heavy atom. The van der Waals surface area contributed by atoms with E-state index >= 15 is 0 Å². The largest absolute Gasteiger partial charge is 0.348 e. The highest BCUT2D eigenvalue weighted by Gasteiger charge is 2.20. The lowest BCUT2D eigenvalue weighted by Crippen LogP contribution is -2.19. The molecule has 14 heavy (non-hydrogen) atoms. The molecule has 1 aromatic rings. The zero-order valence-electron chi connectivity index (χ0n) is 9.12. The van der Waals surface area contributed by atoms with Crippen molar-refractivity contribution in [2.45, 2.75) is 25.4 Å². The van der Waals surface area contributed by atoms with E-state index in [9.17, 15) is 0 Å². The van der Waals surface area contributed by atoms with Gasteiger partial charge in [-0.2, -0.15) is 0 Å². The number of nitrogens with zero attached hydrogens (tertiary/aromatic N) is 3. The van der Waals surface area contributed by atoms with Crippen LogP contribution in [0.25, 0.3) is 0 Å². The van der Waals surface area contributed by atoms with Gasteiger partial charge >= 0.3 is 0 Å². The van der Waals surface area contributed by atoms with E-state index in [1.54, 1.807) is 0 Å². The van der Waals surface area contributed by atoms with Crippen LogP contribution in [0.4, 0.5) is 5.95 Å². The van der Waals surface area contributed by atoms with Crippen molar-refractivity contribution in [3.8, 4) is 0 Å². The SMILES string of the molecule is CN(C)c1ncc(CNC2CC2)n1C. The van der Waals surface area contributed by atoms with E-state index in [0.717, 1.165) is 18.5 Å². The summed E-state index contributed by atoms with van der Waals surface area (Å²) in [6.07, 6.45) is 4.61. The molecule has 0 aliphatic heterocycles. The molecular weight excluding hydrogens is 176 g/mol. The molecule has 0 aromatic carbocycles. The van der Waals surface area contributed by atoms with Crippen LogP contribution >= 0.6 is 0 Å². The van der Waals surface area contributed by atoms with Gasteiger partial charge in [0.2, 0.25) is 5.95 Å². The topological polar surface area (TPSA) is 33.1 Å². The third-order valence-electron chi connectivity index (χ3n) is 2.61. The number of hydrogen-bond acceptors (Lipinski definition) is 3. The minimum Gasteiger partial charge on any atom is -0.348 e. The van der Waals surface area contributed by atoms with Crippen molar-refractivity contribution in [1.82, 2.24) is 14.9 Å². The first kappa shape index (κ1) is 9.52. The number of hydrogen-bond donors (Lipinski definition) is 1. The summed E-state index contributed by atoms with van der Waals surface area (Å²) in [5, 5.41) is 3.49. The van der Waals surface area contributed by atoms with Gasteiger partial charge in [-0.3, -0.25) is 0 Å². The summed E-state index contributed by atoms with van der Waals surface area (Å²) in [5.41, 5.74) is 1.25. The number of aromatic nitrogens is 2. The van der Waals surface area contributed by atoms with Crippen LogP contribution in [-0.4, -0.2) is 29.7 Å². The summed E-state index contributed by atoms with van der Waals surface area (Å²) < 4.78 is 2.13. The molecule has 1 fully saturated rings. The second kappa shape index (κ2) is 3.61. The van der Waals surface area contributed by atoms with Gasteiger partial charge in [-0.15, -0.1) is 0 Å². The molecule has 1 aliphatic rings. The summed E-state index contributed by atoms with van der Waals surface area (Å²) in [4.78, 5) is 6.39. The smallest absolute Gasteiger partial charge is 0.204 e. The van der Waals surface area contributed by atoms with Gasteiger partial charge in [0.1, 0.15) is 0 Å². The highest BCUT2D eigenvalue weighted by molar-refractivity contribution is 5.30. The van der Waals surface area contributed by atoms with Crippen LogP contribution in [0.2, 0.25) is 0 Å². The molecule has 0 amide bonds. The Balaban J connectivity index is 2.01. The molecule has 1 saturated carbocycles. The van der Waals surface area contributed by atoms with Crippen molar-refractivity contribution < 1.29 is 0 Å². The van der Waals surface area contributed by atoms with E-state index in [2.05, 4.69) is 21.9 Å². The molecule has 0 radical (unpaired) electrons. The van der Waals surface area contributed by atoms with Crippen LogP contribution in [0.5, 0.6) is 0 Å². The molecule has 0 saturated heterocycles. The van der Waals surface area contributed by atoms with E-state index < -0.39 is 0 Å². The first-order valence-electron chi connectivity index (χ1n) is 5.10. The molecule has 0 unspecified atom stereocenters. The molecule has 1 aliphatic carbocycles. The highest BCUT2D eigenvalue weighted by Crippen LogP contribution is 2.19. The molecule has 2 rings (SSSR count). The lowest BCUT2D eigenvalue weighted by molar-refractivity contribution is 0.650. The molecule has 0 spiro atoms. The van der Waals surface area contributed by atoms with E-state index in [0.29, 0.717) is 0 Å². The fourth-order valence-corrected chi connectivity index (χ4v) is 1.55. The third kappa shape index (κ3) is 1.90. The van der Waals surface area contributed by atoms with Crippen LogP contribution in [0, 0.1) is 0 Å². The summed E-state index contributed by atoms with van der Waals surface area (Å²) >= 11 is 0. The average molecular weight is 194 g/mol. The molecule has 0 atom stereocenters. The highest BCUT2D eigenvalue weighted by atomic mass is 15.3. The maximum absolute atomic E-state index is 4.36. The first-order valence-corrected chi connectivity index (χ1v) is 5.10. The van der Waals surface area contributed by atoms with Gasteiger partial charge in [0.15, 0.2) is 0 Å². The predicted molar refractivity (Wildman–Crippen MR) is 57.4 cm³/mol. The van der Waals surface area contributed by atoms with Gasteiger partial charge in [-0.05, 0) is 12.8 Å². The molecule has 1 aromatic heterocycles. The minimum absolute atomic E-state index is 0.757. The molecule has 78 valence electrons. The van der Waals surface area contributed by atoms with E-state index in [4.69, 9.17) is 0 Å². The van der Waals surface area contributed by atoms with Crippen molar-refractivity contribution in [2.24, 2.45) is 7.05 Å². The molecular formula is C10H18N4. The van der Waals surface area contributed by atoms with Crippen LogP contribution < -0.4 is 10.2 Å². The van der Waals surface area contributed by atoms with Crippen molar-refractivity contribution in [3.63, 3.8) is 0 Å². The predicted octanol–water partition coefficient (Wildman–Crippen LogP) is 0.738. The van der Waals surface area contributed by atoms with Gasteiger partial charge in [0, 0.05) is 33.7 Å². The standard InChI is InChI=1S/C10H18N4/c1-13(2)10-12-7-9(14(10)3)6-11-8-4-5-8/h7-8,11H,4-6H2,1-3H3. The van der Waals surface area contributed by atoms with Crippen LogP contribution in [-0.2, 0) is 13.6 Å². The lowest BCUT2D eigenvalue weighted by atomic mass is 10.4. The summed E-state index contributed by atoms with van der Waals surface area (Å²) in [6.45, 7) is 0.933. The van der Waals surface area contributed by atoms with Crippen LogP contribution in [0.3, 0.4) is 0 Å². The second-order valence-corrected chi connectivity index (χ2v) is 4.16. The number of rotatable bonds is 4. The van der Waals surface area contributed by atoms with Crippen molar-refractivity contribution in [3.05, 3.63) is 11.9 Å². The maximum atomic E-state index is 4.36. The van der Waals surface area contributed by atoms with Gasteiger partial charge in [0.25, 0.3) is 0 Å². The summed E-state index contributed by atoms with van der Waals surface area (Å²) in [6, 6.07) is 0.757. The Labute approximate surface area is 84.9 Å². The minimum atomic E-state index is 0.757. The van der Waals surface area contributed by atoms with Gasteiger partial charge in [0.05, 0.1) is 11.9 Å². The van der Waals surface area contributed by atoms with E-state index in [-0.39, 0.29) is 0 Å². The number of imidazole rings is 1. The Morgan fingerprint density at radius 1 is 1.57 bits per heavy atom. The van der Waals surface area contributed by atoms with Gasteiger partial charge < -0.3 is 14.8 Å². The Kier molecular flexibility index (Phi) is 2.46.